The van der Waals surface area contributed by atoms with Crippen molar-refractivity contribution in [2.45, 2.75) is 50.3 Å². The number of aliphatic imine (C=N–C) groups is 1. The first-order chi connectivity index (χ1) is 12.1. The van der Waals surface area contributed by atoms with Crippen LogP contribution >= 0.6 is 0 Å². The van der Waals surface area contributed by atoms with Gasteiger partial charge in [-0.3, -0.25) is 14.7 Å². The molecule has 6 aliphatic rings. The summed E-state index contributed by atoms with van der Waals surface area (Å²) in [6, 6.07) is 9.42. The highest BCUT2D eigenvalue weighted by molar-refractivity contribution is 6.08. The molecular formula is C21H22N2O2. The van der Waals surface area contributed by atoms with Gasteiger partial charge in [0.15, 0.2) is 0 Å². The van der Waals surface area contributed by atoms with E-state index >= 15 is 0 Å². The van der Waals surface area contributed by atoms with E-state index in [-0.39, 0.29) is 17.5 Å². The molecule has 4 saturated heterocycles. The van der Waals surface area contributed by atoms with Gasteiger partial charge in [0.25, 0.3) is 0 Å². The monoisotopic (exact) mass is 334 g/mol. The highest BCUT2D eigenvalue weighted by atomic mass is 16.5. The van der Waals surface area contributed by atoms with E-state index in [9.17, 15) is 4.79 Å². The highest BCUT2D eigenvalue weighted by Gasteiger charge is 2.73. The van der Waals surface area contributed by atoms with Crippen molar-refractivity contribution >= 4 is 17.4 Å². The summed E-state index contributed by atoms with van der Waals surface area (Å²) in [5, 5.41) is 0. The van der Waals surface area contributed by atoms with Crippen LogP contribution in [-0.2, 0) is 14.9 Å². The van der Waals surface area contributed by atoms with Crippen LogP contribution in [0.3, 0.4) is 0 Å². The fraction of sp³-hybridized carbons (Fsp3) is 0.524. The minimum atomic E-state index is -0.184. The van der Waals surface area contributed by atoms with Gasteiger partial charge in [-0.1, -0.05) is 29.8 Å². The number of hydrogen-bond donors (Lipinski definition) is 0. The topological polar surface area (TPSA) is 41.9 Å². The van der Waals surface area contributed by atoms with Crippen molar-refractivity contribution in [3.8, 4) is 0 Å². The van der Waals surface area contributed by atoms with E-state index in [2.05, 4.69) is 42.2 Å². The lowest BCUT2D eigenvalue weighted by Crippen LogP contribution is -2.64. The van der Waals surface area contributed by atoms with Gasteiger partial charge in [-0.15, -0.1) is 0 Å². The minimum absolute atomic E-state index is 0.0763. The number of nitrogens with zero attached hydrogens (tertiary/aromatic N) is 2. The normalized spacial score (nSPS) is 46.2. The molecule has 4 nitrogen and oxygen atoms in total. The van der Waals surface area contributed by atoms with Crippen LogP contribution in [0.15, 0.2) is 40.9 Å². The number of benzene rings is 1. The number of carbonyl (C=O) groups is 1. The summed E-state index contributed by atoms with van der Waals surface area (Å²) in [6.07, 6.45) is 4.40. The molecule has 0 N–H and O–H groups in total. The number of hydrogen-bond acceptors (Lipinski definition) is 4. The second kappa shape index (κ2) is 4.42. The number of carbonyl (C=O) groups excluding carboxylic acids is 1. The lowest BCUT2D eigenvalue weighted by atomic mass is 9.66. The van der Waals surface area contributed by atoms with E-state index < -0.39 is 0 Å². The Labute approximate surface area is 147 Å². The Bertz CT molecular complexity index is 872. The van der Waals surface area contributed by atoms with Crippen LogP contribution in [0.4, 0.5) is 5.69 Å². The largest absolute Gasteiger partial charge is 0.461 e. The van der Waals surface area contributed by atoms with Crippen LogP contribution in [0, 0.1) is 11.8 Å². The van der Waals surface area contributed by atoms with Crippen molar-refractivity contribution in [1.82, 2.24) is 4.90 Å². The Morgan fingerprint density at radius 1 is 1.40 bits per heavy atom. The van der Waals surface area contributed by atoms with E-state index in [1.165, 1.54) is 16.8 Å². The third-order valence-corrected chi connectivity index (χ3v) is 7.48. The number of para-hydroxylation sites is 1. The maximum Gasteiger partial charge on any atom is 0.302 e. The lowest BCUT2D eigenvalue weighted by Gasteiger charge is -2.55. The molecule has 7 rings (SSSR count). The van der Waals surface area contributed by atoms with Gasteiger partial charge in [-0.25, -0.2) is 0 Å². The molecule has 0 radical (unpaired) electrons. The zero-order valence-electron chi connectivity index (χ0n) is 14.6. The number of esters is 1. The van der Waals surface area contributed by atoms with Gasteiger partial charge in [0.05, 0.1) is 22.9 Å². The van der Waals surface area contributed by atoms with Crippen LogP contribution in [0.5, 0.6) is 0 Å². The third-order valence-electron chi connectivity index (χ3n) is 7.48. The molecule has 5 fully saturated rings. The molecule has 0 aromatic heterocycles. The van der Waals surface area contributed by atoms with Crippen LogP contribution in [0.25, 0.3) is 0 Å². The van der Waals surface area contributed by atoms with Gasteiger partial charge < -0.3 is 4.74 Å². The number of piperidine rings is 4. The molecule has 1 aromatic rings. The summed E-state index contributed by atoms with van der Waals surface area (Å²) in [5.41, 5.74) is 5.00. The molecule has 0 amide bonds. The molecule has 1 aromatic carbocycles. The van der Waals surface area contributed by atoms with E-state index in [1.54, 1.807) is 6.92 Å². The third kappa shape index (κ3) is 1.46. The zero-order valence-corrected chi connectivity index (χ0v) is 14.6. The van der Waals surface area contributed by atoms with Crippen molar-refractivity contribution in [3.63, 3.8) is 0 Å². The van der Waals surface area contributed by atoms with E-state index in [0.29, 0.717) is 23.9 Å². The molecular weight excluding hydrogens is 312 g/mol. The van der Waals surface area contributed by atoms with Gasteiger partial charge in [0.1, 0.15) is 6.10 Å². The van der Waals surface area contributed by atoms with Gasteiger partial charge in [-0.2, -0.15) is 0 Å². The molecule has 1 saturated carbocycles. The molecule has 7 atom stereocenters. The van der Waals surface area contributed by atoms with Gasteiger partial charge >= 0.3 is 5.97 Å². The Balaban J connectivity index is 1.62. The molecule has 25 heavy (non-hydrogen) atoms. The molecule has 128 valence electrons. The number of ether oxygens (including phenoxy) is 1. The van der Waals surface area contributed by atoms with E-state index in [1.807, 2.05) is 0 Å². The fourth-order valence-corrected chi connectivity index (χ4v) is 6.78. The smallest absolute Gasteiger partial charge is 0.302 e. The summed E-state index contributed by atoms with van der Waals surface area (Å²) >= 11 is 0. The molecule has 5 aliphatic heterocycles. The number of allylic oxidation sites excluding steroid dienone is 1. The Morgan fingerprint density at radius 3 is 3.04 bits per heavy atom. The summed E-state index contributed by atoms with van der Waals surface area (Å²) in [7, 11) is 0. The van der Waals surface area contributed by atoms with E-state index in [4.69, 9.17) is 9.73 Å². The molecule has 2 unspecified atom stereocenters. The lowest BCUT2D eigenvalue weighted by molar-refractivity contribution is -0.152. The van der Waals surface area contributed by atoms with Gasteiger partial charge in [0, 0.05) is 25.4 Å². The average molecular weight is 334 g/mol. The Morgan fingerprint density at radius 2 is 2.24 bits per heavy atom. The minimum Gasteiger partial charge on any atom is -0.461 e. The Kier molecular flexibility index (Phi) is 2.52. The quantitative estimate of drug-likeness (QED) is 0.586. The van der Waals surface area contributed by atoms with Crippen LogP contribution in [0.2, 0.25) is 0 Å². The SMILES string of the molecule is CC=C1CN2[C@H]3C[C@H]1C1[C@@H](OC(C)=O)[C@@]4(C[C@@H]12)C3=Nc1ccccc14. The van der Waals surface area contributed by atoms with Crippen molar-refractivity contribution in [2.24, 2.45) is 16.8 Å². The van der Waals surface area contributed by atoms with Crippen molar-refractivity contribution < 1.29 is 9.53 Å². The van der Waals surface area contributed by atoms with Crippen molar-refractivity contribution in [2.75, 3.05) is 6.54 Å². The molecule has 5 heterocycles. The standard InChI is InChI=1S/C21H22N2O2/c1-3-12-10-23-16-8-13(12)18-17(23)9-21(20(18)25-11(2)24)14-6-4-5-7-15(14)22-19(16)21/h3-7,13,16-18,20H,8-10H2,1-2H3/t13-,16+,17+,18?,20-,21-/m1/s1. The van der Waals surface area contributed by atoms with Crippen LogP contribution < -0.4 is 0 Å². The first-order valence-electron chi connectivity index (χ1n) is 9.42. The first-order valence-corrected chi connectivity index (χ1v) is 9.42. The maximum absolute atomic E-state index is 12.0. The molecule has 1 aliphatic carbocycles. The van der Waals surface area contributed by atoms with E-state index in [0.717, 1.165) is 25.1 Å². The molecule has 4 heteroatoms. The number of fused-ring (bicyclic) bond motifs is 2. The maximum atomic E-state index is 12.0. The van der Waals surface area contributed by atoms with Gasteiger partial charge in [-0.05, 0) is 37.3 Å². The summed E-state index contributed by atoms with van der Waals surface area (Å²) in [4.78, 5) is 19.8. The second-order valence-corrected chi connectivity index (χ2v) is 8.26. The van der Waals surface area contributed by atoms with Crippen LogP contribution in [0.1, 0.15) is 32.3 Å². The molecule has 5 bridgehead atoms. The second-order valence-electron chi connectivity index (χ2n) is 8.26. The predicted octanol–water partition coefficient (Wildman–Crippen LogP) is 2.99. The summed E-state index contributed by atoms with van der Waals surface area (Å²) in [6.45, 7) is 4.77. The predicted molar refractivity (Wildman–Crippen MR) is 95.0 cm³/mol. The first kappa shape index (κ1) is 14.3. The summed E-state index contributed by atoms with van der Waals surface area (Å²) < 4.78 is 6.09. The fourth-order valence-electron chi connectivity index (χ4n) is 6.78. The summed E-state index contributed by atoms with van der Waals surface area (Å²) in [5.74, 6) is 0.778. The number of rotatable bonds is 1. The van der Waals surface area contributed by atoms with Crippen molar-refractivity contribution in [1.29, 1.82) is 0 Å². The zero-order chi connectivity index (χ0) is 16.9. The highest BCUT2D eigenvalue weighted by Crippen LogP contribution is 2.66. The van der Waals surface area contributed by atoms with Crippen molar-refractivity contribution in [3.05, 3.63) is 41.5 Å². The molecule has 1 spiro atoms. The average Bonchev–Trinajstić information content (AvgIpc) is 3.09. The van der Waals surface area contributed by atoms with Crippen LogP contribution in [-0.4, -0.2) is 41.3 Å². The van der Waals surface area contributed by atoms with Gasteiger partial charge in [0.2, 0.25) is 0 Å². The Hall–Kier alpha value is -1.94.